The Bertz CT molecular complexity index is 774. The van der Waals surface area contributed by atoms with Crippen molar-refractivity contribution in [3.63, 3.8) is 0 Å². The number of ether oxygens (including phenoxy) is 1. The van der Waals surface area contributed by atoms with Crippen LogP contribution in [0.25, 0.3) is 16.2 Å². The fourth-order valence-corrected chi connectivity index (χ4v) is 2.94. The Kier molecular flexibility index (Phi) is 3.72. The third kappa shape index (κ3) is 2.81. The molecule has 3 rings (SSSR count). The van der Waals surface area contributed by atoms with Gasteiger partial charge in [0.1, 0.15) is 6.61 Å². The van der Waals surface area contributed by atoms with Crippen LogP contribution in [0.1, 0.15) is 5.69 Å². The molecule has 3 aromatic rings. The Hall–Kier alpha value is -2.18. The summed E-state index contributed by atoms with van der Waals surface area (Å²) in [5.41, 5.74) is 3.88. The van der Waals surface area contributed by atoms with Crippen molar-refractivity contribution in [2.45, 2.75) is 6.92 Å². The predicted octanol–water partition coefficient (Wildman–Crippen LogP) is 2.96. The number of aryl methyl sites for hydroxylation is 1. The van der Waals surface area contributed by atoms with Crippen LogP contribution in [0.15, 0.2) is 35.8 Å². The Labute approximate surface area is 126 Å². The summed E-state index contributed by atoms with van der Waals surface area (Å²) in [7, 11) is 1.50. The van der Waals surface area contributed by atoms with Gasteiger partial charge in [-0.1, -0.05) is 12.1 Å². The number of aromatic nitrogens is 2. The zero-order chi connectivity index (χ0) is 14.8. The first kappa shape index (κ1) is 13.8. The number of thiazole rings is 1. The van der Waals surface area contributed by atoms with E-state index in [0.717, 1.165) is 21.9 Å². The number of anilines is 1. The molecule has 0 fully saturated rings. The number of imidazole rings is 1. The minimum absolute atomic E-state index is 0.0539. The van der Waals surface area contributed by atoms with E-state index < -0.39 is 0 Å². The van der Waals surface area contributed by atoms with Crippen LogP contribution in [0.3, 0.4) is 0 Å². The maximum absolute atomic E-state index is 11.4. The van der Waals surface area contributed by atoms with E-state index in [1.54, 1.807) is 11.3 Å². The lowest BCUT2D eigenvalue weighted by molar-refractivity contribution is -0.119. The summed E-state index contributed by atoms with van der Waals surface area (Å²) in [5.74, 6) is -0.164. The van der Waals surface area contributed by atoms with Crippen molar-refractivity contribution in [3.8, 4) is 11.3 Å². The third-order valence-corrected chi connectivity index (χ3v) is 4.09. The lowest BCUT2D eigenvalue weighted by atomic mass is 10.1. The predicted molar refractivity (Wildman–Crippen MR) is 83.7 cm³/mol. The second kappa shape index (κ2) is 5.67. The van der Waals surface area contributed by atoms with Crippen molar-refractivity contribution in [2.75, 3.05) is 19.0 Å². The molecule has 0 bridgehead atoms. The topological polar surface area (TPSA) is 55.6 Å². The summed E-state index contributed by atoms with van der Waals surface area (Å²) in [5, 5.41) is 4.85. The van der Waals surface area contributed by atoms with Crippen molar-refractivity contribution in [1.29, 1.82) is 0 Å². The van der Waals surface area contributed by atoms with Gasteiger partial charge in [-0.25, -0.2) is 4.98 Å². The van der Waals surface area contributed by atoms with Crippen molar-refractivity contribution >= 4 is 27.9 Å². The van der Waals surface area contributed by atoms with Gasteiger partial charge in [-0.15, -0.1) is 11.3 Å². The lowest BCUT2D eigenvalue weighted by Gasteiger charge is -2.05. The molecular weight excluding hydrogens is 286 g/mol. The number of nitrogens with zero attached hydrogens (tertiary/aromatic N) is 2. The van der Waals surface area contributed by atoms with Gasteiger partial charge in [-0.05, 0) is 19.1 Å². The Morgan fingerprint density at radius 3 is 2.81 bits per heavy atom. The monoisotopic (exact) mass is 301 g/mol. The van der Waals surface area contributed by atoms with E-state index >= 15 is 0 Å². The van der Waals surface area contributed by atoms with Crippen LogP contribution >= 0.6 is 11.3 Å². The molecular formula is C15H15N3O2S. The molecule has 1 N–H and O–H groups in total. The van der Waals surface area contributed by atoms with Crippen LogP contribution in [0.4, 0.5) is 5.69 Å². The number of hydrogen-bond acceptors (Lipinski definition) is 4. The molecule has 0 aliphatic carbocycles. The molecule has 0 aliphatic rings. The molecule has 0 saturated carbocycles. The van der Waals surface area contributed by atoms with Gasteiger partial charge in [0.15, 0.2) is 4.96 Å². The van der Waals surface area contributed by atoms with Crippen LogP contribution in [0.2, 0.25) is 0 Å². The van der Waals surface area contributed by atoms with Crippen molar-refractivity contribution in [2.24, 2.45) is 0 Å². The third-order valence-electron chi connectivity index (χ3n) is 3.13. The Balaban J connectivity index is 1.81. The first-order valence-corrected chi connectivity index (χ1v) is 7.38. The number of fused-ring (bicyclic) bond motifs is 1. The number of rotatable bonds is 4. The van der Waals surface area contributed by atoms with Crippen LogP contribution in [-0.4, -0.2) is 29.0 Å². The second-order valence-electron chi connectivity index (χ2n) is 4.71. The summed E-state index contributed by atoms with van der Waals surface area (Å²) in [6, 6.07) is 7.63. The van der Waals surface area contributed by atoms with E-state index in [2.05, 4.69) is 27.0 Å². The van der Waals surface area contributed by atoms with Gasteiger partial charge in [0.25, 0.3) is 0 Å². The van der Waals surface area contributed by atoms with E-state index in [-0.39, 0.29) is 12.5 Å². The summed E-state index contributed by atoms with van der Waals surface area (Å²) in [6.07, 6.45) is 2.03. The number of nitrogens with one attached hydrogen (secondary N) is 1. The molecule has 0 radical (unpaired) electrons. The molecule has 21 heavy (non-hydrogen) atoms. The zero-order valence-electron chi connectivity index (χ0n) is 11.8. The highest BCUT2D eigenvalue weighted by atomic mass is 32.1. The maximum atomic E-state index is 11.4. The van der Waals surface area contributed by atoms with Gasteiger partial charge in [0.2, 0.25) is 5.91 Å². The van der Waals surface area contributed by atoms with Gasteiger partial charge < -0.3 is 10.1 Å². The van der Waals surface area contributed by atoms with Crippen LogP contribution < -0.4 is 5.32 Å². The number of methoxy groups -OCH3 is 1. The summed E-state index contributed by atoms with van der Waals surface area (Å²) in [6.45, 7) is 2.11. The minimum atomic E-state index is -0.164. The number of amides is 1. The molecule has 0 aliphatic heterocycles. The molecule has 6 heteroatoms. The smallest absolute Gasteiger partial charge is 0.250 e. The fraction of sp³-hybridized carbons (Fsp3) is 0.200. The first-order chi connectivity index (χ1) is 10.2. The molecule has 2 heterocycles. The van der Waals surface area contributed by atoms with Gasteiger partial charge in [-0.2, -0.15) is 0 Å². The second-order valence-corrected chi connectivity index (χ2v) is 5.55. The molecule has 0 unspecified atom stereocenters. The normalized spacial score (nSPS) is 11.0. The largest absolute Gasteiger partial charge is 0.375 e. The Morgan fingerprint density at radius 1 is 1.38 bits per heavy atom. The fourth-order valence-electron chi connectivity index (χ4n) is 2.09. The van der Waals surface area contributed by atoms with Crippen LogP contribution in [0, 0.1) is 6.92 Å². The average Bonchev–Trinajstić information content (AvgIpc) is 3.03. The molecule has 1 aromatic carbocycles. The van der Waals surface area contributed by atoms with E-state index in [1.807, 2.05) is 30.5 Å². The number of benzene rings is 1. The van der Waals surface area contributed by atoms with Crippen molar-refractivity contribution < 1.29 is 9.53 Å². The van der Waals surface area contributed by atoms with Gasteiger partial charge in [-0.3, -0.25) is 9.20 Å². The molecule has 2 aromatic heterocycles. The van der Waals surface area contributed by atoms with Crippen LogP contribution in [0.5, 0.6) is 0 Å². The summed E-state index contributed by atoms with van der Waals surface area (Å²) >= 11 is 1.63. The maximum Gasteiger partial charge on any atom is 0.250 e. The van der Waals surface area contributed by atoms with Crippen molar-refractivity contribution in [1.82, 2.24) is 9.38 Å². The average molecular weight is 301 g/mol. The molecule has 0 saturated heterocycles. The highest BCUT2D eigenvalue weighted by molar-refractivity contribution is 7.15. The highest BCUT2D eigenvalue weighted by Gasteiger charge is 2.08. The standard InChI is InChI=1S/C15H15N3O2S/c1-10-9-21-15-17-13(7-18(10)15)11-3-5-12(6-4-11)16-14(19)8-20-2/h3-7,9H,8H2,1-2H3,(H,16,19). The molecule has 0 atom stereocenters. The molecule has 108 valence electrons. The highest BCUT2D eigenvalue weighted by Crippen LogP contribution is 2.24. The number of carbonyl (C=O) groups is 1. The first-order valence-electron chi connectivity index (χ1n) is 6.50. The van der Waals surface area contributed by atoms with Gasteiger partial charge >= 0.3 is 0 Å². The quantitative estimate of drug-likeness (QED) is 0.806. The van der Waals surface area contributed by atoms with Crippen molar-refractivity contribution in [3.05, 3.63) is 41.5 Å². The Morgan fingerprint density at radius 2 is 2.14 bits per heavy atom. The summed E-state index contributed by atoms with van der Waals surface area (Å²) < 4.78 is 6.86. The number of carbonyl (C=O) groups excluding carboxylic acids is 1. The minimum Gasteiger partial charge on any atom is -0.375 e. The number of hydrogen-bond donors (Lipinski definition) is 1. The van der Waals surface area contributed by atoms with E-state index in [4.69, 9.17) is 4.74 Å². The van der Waals surface area contributed by atoms with Gasteiger partial charge in [0, 0.05) is 35.6 Å². The molecule has 5 nitrogen and oxygen atoms in total. The SMILES string of the molecule is COCC(=O)Nc1ccc(-c2cn3c(C)csc3n2)cc1. The molecule has 1 amide bonds. The van der Waals surface area contributed by atoms with E-state index in [0.29, 0.717) is 0 Å². The zero-order valence-corrected chi connectivity index (χ0v) is 12.6. The van der Waals surface area contributed by atoms with Gasteiger partial charge in [0.05, 0.1) is 5.69 Å². The van der Waals surface area contributed by atoms with E-state index in [9.17, 15) is 4.79 Å². The summed E-state index contributed by atoms with van der Waals surface area (Å²) in [4.78, 5) is 17.0. The van der Waals surface area contributed by atoms with Crippen LogP contribution in [-0.2, 0) is 9.53 Å². The van der Waals surface area contributed by atoms with E-state index in [1.165, 1.54) is 12.8 Å². The lowest BCUT2D eigenvalue weighted by Crippen LogP contribution is -2.16. The molecule has 0 spiro atoms.